The fourth-order valence-electron chi connectivity index (χ4n) is 3.01. The van der Waals surface area contributed by atoms with Crippen LogP contribution in [0.2, 0.25) is 0 Å². The van der Waals surface area contributed by atoms with Crippen molar-refractivity contribution in [3.63, 3.8) is 0 Å². The van der Waals surface area contributed by atoms with Crippen LogP contribution in [-0.2, 0) is 4.79 Å². The predicted octanol–water partition coefficient (Wildman–Crippen LogP) is 1.39. The first-order valence-corrected chi connectivity index (χ1v) is 8.28. The minimum atomic E-state index is -0.0853. The highest BCUT2D eigenvalue weighted by atomic mass is 16.2. The van der Waals surface area contributed by atoms with Gasteiger partial charge in [-0.1, -0.05) is 19.9 Å². The van der Waals surface area contributed by atoms with E-state index in [-0.39, 0.29) is 23.3 Å². The quantitative estimate of drug-likeness (QED) is 0.873. The molecule has 1 aromatic carbocycles. The number of benzene rings is 1. The zero-order valence-electron chi connectivity index (χ0n) is 15.0. The molecule has 24 heavy (non-hydrogen) atoms. The van der Waals surface area contributed by atoms with Crippen molar-refractivity contribution in [2.24, 2.45) is 11.1 Å². The van der Waals surface area contributed by atoms with Crippen LogP contribution >= 0.6 is 0 Å². The maximum atomic E-state index is 12.3. The van der Waals surface area contributed by atoms with Gasteiger partial charge < -0.3 is 16.0 Å². The molecular formula is C18H28N4O2. The molecule has 2 amide bonds. The molecule has 0 radical (unpaired) electrons. The molecule has 0 aromatic heterocycles. The van der Waals surface area contributed by atoms with E-state index in [9.17, 15) is 9.59 Å². The van der Waals surface area contributed by atoms with Gasteiger partial charge in [0.05, 0.1) is 6.54 Å². The molecule has 132 valence electrons. The molecule has 3 N–H and O–H groups in total. The molecule has 6 nitrogen and oxygen atoms in total. The lowest BCUT2D eigenvalue weighted by atomic mass is 9.80. The van der Waals surface area contributed by atoms with Gasteiger partial charge in [0.2, 0.25) is 5.91 Å². The van der Waals surface area contributed by atoms with Crippen LogP contribution in [0.25, 0.3) is 0 Å². The summed E-state index contributed by atoms with van der Waals surface area (Å²) in [5, 5.41) is 2.88. The smallest absolute Gasteiger partial charge is 0.253 e. The molecule has 1 aliphatic heterocycles. The van der Waals surface area contributed by atoms with Gasteiger partial charge in [0.25, 0.3) is 5.91 Å². The van der Waals surface area contributed by atoms with Gasteiger partial charge in [0.1, 0.15) is 0 Å². The standard InChI is InChI=1S/C18H28N4O2/c1-18(2)12-22(9-8-15(18)19)11-16(23)20-14-7-5-6-13(10-14)17(24)21(3)4/h5-7,10,15H,8-9,11-12,19H2,1-4H3,(H,20,23). The zero-order valence-corrected chi connectivity index (χ0v) is 15.0. The molecule has 0 spiro atoms. The number of anilines is 1. The van der Waals surface area contributed by atoms with Gasteiger partial charge in [-0.05, 0) is 30.0 Å². The Morgan fingerprint density at radius 3 is 2.71 bits per heavy atom. The van der Waals surface area contributed by atoms with Crippen molar-refractivity contribution < 1.29 is 9.59 Å². The normalized spacial score (nSPS) is 20.5. The van der Waals surface area contributed by atoms with Crippen molar-refractivity contribution in [2.45, 2.75) is 26.3 Å². The first-order chi connectivity index (χ1) is 11.2. The molecule has 6 heteroatoms. The number of likely N-dealkylation sites (tertiary alicyclic amines) is 1. The number of carbonyl (C=O) groups excluding carboxylic acids is 2. The van der Waals surface area contributed by atoms with E-state index in [1.54, 1.807) is 38.4 Å². The average molecular weight is 332 g/mol. The highest BCUT2D eigenvalue weighted by molar-refractivity contribution is 5.97. The third kappa shape index (κ3) is 4.55. The number of hydrogen-bond donors (Lipinski definition) is 2. The van der Waals surface area contributed by atoms with E-state index in [1.165, 1.54) is 4.90 Å². The lowest BCUT2D eigenvalue weighted by Crippen LogP contribution is -2.53. The first-order valence-electron chi connectivity index (χ1n) is 8.28. The van der Waals surface area contributed by atoms with Crippen molar-refractivity contribution in [1.82, 2.24) is 9.80 Å². The maximum Gasteiger partial charge on any atom is 0.253 e. The molecule has 1 unspecified atom stereocenters. The molecule has 1 fully saturated rings. The fraction of sp³-hybridized carbons (Fsp3) is 0.556. The van der Waals surface area contributed by atoms with Crippen LogP contribution in [0.5, 0.6) is 0 Å². The Morgan fingerprint density at radius 1 is 1.38 bits per heavy atom. The molecule has 1 atom stereocenters. The second-order valence-electron chi connectivity index (χ2n) is 7.42. The van der Waals surface area contributed by atoms with E-state index in [0.717, 1.165) is 19.5 Å². The molecule has 0 bridgehead atoms. The van der Waals surface area contributed by atoms with Crippen LogP contribution in [0.15, 0.2) is 24.3 Å². The van der Waals surface area contributed by atoms with E-state index in [0.29, 0.717) is 17.8 Å². The Balaban J connectivity index is 1.96. The zero-order chi connectivity index (χ0) is 17.9. The van der Waals surface area contributed by atoms with Gasteiger partial charge >= 0.3 is 0 Å². The van der Waals surface area contributed by atoms with Crippen LogP contribution in [-0.4, -0.2) is 61.4 Å². The van der Waals surface area contributed by atoms with Crippen LogP contribution < -0.4 is 11.1 Å². The van der Waals surface area contributed by atoms with Crippen molar-refractivity contribution in [3.8, 4) is 0 Å². The SMILES string of the molecule is CN(C)C(=O)c1cccc(NC(=O)CN2CCC(N)C(C)(C)C2)c1. The Kier molecular flexibility index (Phi) is 5.62. The largest absolute Gasteiger partial charge is 0.345 e. The van der Waals surface area contributed by atoms with Gasteiger partial charge in [0, 0.05) is 44.5 Å². The van der Waals surface area contributed by atoms with Gasteiger partial charge in [-0.15, -0.1) is 0 Å². The topological polar surface area (TPSA) is 78.7 Å². The van der Waals surface area contributed by atoms with Crippen molar-refractivity contribution in [2.75, 3.05) is 39.0 Å². The minimum Gasteiger partial charge on any atom is -0.345 e. The minimum absolute atomic E-state index is 0.0105. The summed E-state index contributed by atoms with van der Waals surface area (Å²) in [5.74, 6) is -0.159. The van der Waals surface area contributed by atoms with E-state index in [2.05, 4.69) is 24.1 Å². The fourth-order valence-corrected chi connectivity index (χ4v) is 3.01. The van der Waals surface area contributed by atoms with Gasteiger partial charge in [0.15, 0.2) is 0 Å². The second-order valence-corrected chi connectivity index (χ2v) is 7.42. The number of nitrogens with one attached hydrogen (secondary N) is 1. The Bertz CT molecular complexity index is 613. The number of hydrogen-bond acceptors (Lipinski definition) is 4. The summed E-state index contributed by atoms with van der Waals surface area (Å²) in [4.78, 5) is 27.9. The monoisotopic (exact) mass is 332 g/mol. The highest BCUT2D eigenvalue weighted by Gasteiger charge is 2.33. The predicted molar refractivity (Wildman–Crippen MR) is 95.9 cm³/mol. The molecule has 1 aromatic rings. The van der Waals surface area contributed by atoms with E-state index >= 15 is 0 Å². The molecule has 1 saturated heterocycles. The van der Waals surface area contributed by atoms with E-state index < -0.39 is 0 Å². The molecule has 1 aliphatic rings. The van der Waals surface area contributed by atoms with Crippen LogP contribution in [0.4, 0.5) is 5.69 Å². The van der Waals surface area contributed by atoms with E-state index in [1.807, 2.05) is 0 Å². The number of nitrogens with two attached hydrogens (primary N) is 1. The van der Waals surface area contributed by atoms with Crippen molar-refractivity contribution in [1.29, 1.82) is 0 Å². The third-order valence-corrected chi connectivity index (χ3v) is 4.56. The Morgan fingerprint density at radius 2 is 2.08 bits per heavy atom. The van der Waals surface area contributed by atoms with Crippen LogP contribution in [0.1, 0.15) is 30.6 Å². The molecule has 2 rings (SSSR count). The summed E-state index contributed by atoms with van der Waals surface area (Å²) in [6.45, 7) is 6.25. The molecule has 0 aliphatic carbocycles. The van der Waals surface area contributed by atoms with Gasteiger partial charge in [-0.25, -0.2) is 0 Å². The number of piperidine rings is 1. The van der Waals surface area contributed by atoms with Crippen molar-refractivity contribution in [3.05, 3.63) is 29.8 Å². The lowest BCUT2D eigenvalue weighted by molar-refractivity contribution is -0.118. The Labute approximate surface area is 144 Å². The first kappa shape index (κ1) is 18.4. The summed E-state index contributed by atoms with van der Waals surface area (Å²) < 4.78 is 0. The highest BCUT2D eigenvalue weighted by Crippen LogP contribution is 2.27. The van der Waals surface area contributed by atoms with Crippen LogP contribution in [0, 0.1) is 5.41 Å². The Hall–Kier alpha value is -1.92. The second kappa shape index (κ2) is 7.32. The number of nitrogens with zero attached hydrogens (tertiary/aromatic N) is 2. The van der Waals surface area contributed by atoms with E-state index in [4.69, 9.17) is 5.73 Å². The summed E-state index contributed by atoms with van der Waals surface area (Å²) in [6, 6.07) is 7.18. The average Bonchev–Trinajstić information content (AvgIpc) is 2.50. The molecular weight excluding hydrogens is 304 g/mol. The third-order valence-electron chi connectivity index (χ3n) is 4.56. The number of amides is 2. The lowest BCUT2D eigenvalue weighted by Gasteiger charge is -2.42. The summed E-state index contributed by atoms with van der Waals surface area (Å²) in [5.41, 5.74) is 7.34. The maximum absolute atomic E-state index is 12.3. The number of carbonyl (C=O) groups is 2. The summed E-state index contributed by atoms with van der Waals surface area (Å²) in [7, 11) is 3.41. The van der Waals surface area contributed by atoms with Gasteiger partial charge in [-0.2, -0.15) is 0 Å². The van der Waals surface area contributed by atoms with Crippen molar-refractivity contribution >= 4 is 17.5 Å². The summed E-state index contributed by atoms with van der Waals surface area (Å²) >= 11 is 0. The number of rotatable bonds is 4. The van der Waals surface area contributed by atoms with Crippen LogP contribution in [0.3, 0.4) is 0 Å². The van der Waals surface area contributed by atoms with Gasteiger partial charge in [-0.3, -0.25) is 14.5 Å². The summed E-state index contributed by atoms with van der Waals surface area (Å²) in [6.07, 6.45) is 0.896. The molecule has 1 heterocycles. The molecule has 0 saturated carbocycles.